The molecule has 0 aromatic heterocycles. The highest BCUT2D eigenvalue weighted by atomic mass is 16.5. The van der Waals surface area contributed by atoms with Crippen LogP contribution in [0.1, 0.15) is 16.7 Å². The van der Waals surface area contributed by atoms with Crippen LogP contribution in [0.25, 0.3) is 0 Å². The molecule has 22 heavy (non-hydrogen) atoms. The molecule has 1 aliphatic rings. The van der Waals surface area contributed by atoms with Crippen LogP contribution in [0, 0.1) is 13.8 Å². The Labute approximate surface area is 130 Å². The number of hydrogen-bond donors (Lipinski definition) is 1. The quantitative estimate of drug-likeness (QED) is 0.922. The van der Waals surface area contributed by atoms with E-state index in [0.717, 1.165) is 28.1 Å². The molecule has 4 heteroatoms. The number of urea groups is 1. The molecule has 0 unspecified atom stereocenters. The number of fused-ring (bicyclic) bond motifs is 1. The van der Waals surface area contributed by atoms with E-state index >= 15 is 0 Å². The van der Waals surface area contributed by atoms with Gasteiger partial charge in [0, 0.05) is 6.54 Å². The van der Waals surface area contributed by atoms with Crippen molar-refractivity contribution in [3.8, 4) is 5.75 Å². The second kappa shape index (κ2) is 6.10. The number of benzene rings is 2. The monoisotopic (exact) mass is 296 g/mol. The van der Waals surface area contributed by atoms with Crippen LogP contribution in [-0.4, -0.2) is 19.2 Å². The molecule has 2 aromatic carbocycles. The zero-order valence-electron chi connectivity index (χ0n) is 12.9. The zero-order chi connectivity index (χ0) is 15.5. The fourth-order valence-electron chi connectivity index (χ4n) is 2.81. The Morgan fingerprint density at radius 3 is 2.77 bits per heavy atom. The lowest BCUT2D eigenvalue weighted by Gasteiger charge is -2.31. The molecule has 0 aliphatic carbocycles. The number of ether oxygens (including phenoxy) is 1. The van der Waals surface area contributed by atoms with E-state index < -0.39 is 0 Å². The van der Waals surface area contributed by atoms with Crippen molar-refractivity contribution in [2.75, 3.05) is 18.1 Å². The minimum Gasteiger partial charge on any atom is -0.490 e. The number of amides is 2. The smallest absolute Gasteiger partial charge is 0.322 e. The maximum absolute atomic E-state index is 12.5. The van der Waals surface area contributed by atoms with Gasteiger partial charge >= 0.3 is 6.03 Å². The van der Waals surface area contributed by atoms with E-state index in [9.17, 15) is 4.79 Å². The van der Waals surface area contributed by atoms with Crippen LogP contribution in [0.3, 0.4) is 0 Å². The Bertz CT molecular complexity index is 683. The summed E-state index contributed by atoms with van der Waals surface area (Å²) in [5, 5.41) is 2.98. The van der Waals surface area contributed by atoms with Gasteiger partial charge < -0.3 is 10.1 Å². The van der Waals surface area contributed by atoms with E-state index in [-0.39, 0.29) is 6.03 Å². The Morgan fingerprint density at radius 2 is 2.00 bits per heavy atom. The first-order chi connectivity index (χ1) is 10.6. The largest absolute Gasteiger partial charge is 0.490 e. The van der Waals surface area contributed by atoms with Crippen molar-refractivity contribution in [1.82, 2.24) is 5.32 Å². The summed E-state index contributed by atoms with van der Waals surface area (Å²) in [6, 6.07) is 13.9. The van der Waals surface area contributed by atoms with E-state index in [0.29, 0.717) is 19.7 Å². The molecule has 2 amide bonds. The Hall–Kier alpha value is -2.49. The average molecular weight is 296 g/mol. The van der Waals surface area contributed by atoms with Crippen LogP contribution < -0.4 is 15.0 Å². The summed E-state index contributed by atoms with van der Waals surface area (Å²) >= 11 is 0. The minimum absolute atomic E-state index is 0.0830. The summed E-state index contributed by atoms with van der Waals surface area (Å²) < 4.78 is 5.71. The van der Waals surface area contributed by atoms with Gasteiger partial charge in [0.25, 0.3) is 0 Å². The fraction of sp³-hybridized carbons (Fsp3) is 0.278. The first-order valence-electron chi connectivity index (χ1n) is 7.48. The Kier molecular flexibility index (Phi) is 4.00. The highest BCUT2D eigenvalue weighted by Crippen LogP contribution is 2.35. The zero-order valence-corrected chi connectivity index (χ0v) is 12.9. The lowest BCUT2D eigenvalue weighted by Crippen LogP contribution is -2.44. The summed E-state index contributed by atoms with van der Waals surface area (Å²) in [5.41, 5.74) is 4.17. The summed E-state index contributed by atoms with van der Waals surface area (Å²) in [6.45, 7) is 5.66. The third kappa shape index (κ3) is 2.91. The molecule has 0 spiro atoms. The van der Waals surface area contributed by atoms with Crippen LogP contribution in [0.5, 0.6) is 5.75 Å². The third-order valence-corrected chi connectivity index (χ3v) is 3.78. The lowest BCUT2D eigenvalue weighted by molar-refractivity contribution is 0.239. The summed E-state index contributed by atoms with van der Waals surface area (Å²) in [7, 11) is 0. The Balaban J connectivity index is 1.77. The molecule has 2 aromatic rings. The molecule has 0 saturated heterocycles. The Morgan fingerprint density at radius 1 is 1.23 bits per heavy atom. The number of carbonyl (C=O) groups is 1. The van der Waals surface area contributed by atoms with Gasteiger partial charge in [-0.3, -0.25) is 4.90 Å². The van der Waals surface area contributed by atoms with E-state index in [1.165, 1.54) is 0 Å². The minimum atomic E-state index is -0.0830. The highest BCUT2D eigenvalue weighted by Gasteiger charge is 2.25. The normalized spacial score (nSPS) is 13.3. The van der Waals surface area contributed by atoms with E-state index in [1.54, 1.807) is 4.90 Å². The second-order valence-corrected chi connectivity index (χ2v) is 5.57. The van der Waals surface area contributed by atoms with Crippen molar-refractivity contribution < 1.29 is 9.53 Å². The molecular formula is C18H20N2O2. The van der Waals surface area contributed by atoms with E-state index in [1.807, 2.05) is 50.2 Å². The third-order valence-electron chi connectivity index (χ3n) is 3.78. The van der Waals surface area contributed by atoms with Crippen molar-refractivity contribution in [1.29, 1.82) is 0 Å². The number of hydrogen-bond acceptors (Lipinski definition) is 2. The topological polar surface area (TPSA) is 41.6 Å². The first kappa shape index (κ1) is 14.4. The molecule has 1 N–H and O–H groups in total. The second-order valence-electron chi connectivity index (χ2n) is 5.57. The van der Waals surface area contributed by atoms with Gasteiger partial charge in [0.1, 0.15) is 12.4 Å². The number of nitrogens with one attached hydrogen (secondary N) is 1. The highest BCUT2D eigenvalue weighted by molar-refractivity contribution is 5.95. The lowest BCUT2D eigenvalue weighted by atomic mass is 10.1. The van der Waals surface area contributed by atoms with Crippen molar-refractivity contribution in [3.05, 3.63) is 59.2 Å². The average Bonchev–Trinajstić information content (AvgIpc) is 2.52. The van der Waals surface area contributed by atoms with Gasteiger partial charge in [-0.1, -0.05) is 36.4 Å². The number of aryl methyl sites for hydroxylation is 2. The van der Waals surface area contributed by atoms with Crippen LogP contribution in [-0.2, 0) is 6.54 Å². The van der Waals surface area contributed by atoms with Crippen molar-refractivity contribution in [2.45, 2.75) is 20.4 Å². The van der Waals surface area contributed by atoms with Gasteiger partial charge in [-0.05, 0) is 36.6 Å². The number of nitrogens with zero attached hydrogens (tertiary/aromatic N) is 1. The van der Waals surface area contributed by atoms with Gasteiger partial charge in [0.05, 0.1) is 12.2 Å². The summed E-state index contributed by atoms with van der Waals surface area (Å²) in [6.07, 6.45) is 0. The van der Waals surface area contributed by atoms with Crippen LogP contribution in [0.4, 0.5) is 10.5 Å². The molecule has 1 heterocycles. The molecule has 0 atom stereocenters. The van der Waals surface area contributed by atoms with Gasteiger partial charge in [-0.15, -0.1) is 0 Å². The molecule has 114 valence electrons. The molecule has 3 rings (SSSR count). The number of carbonyl (C=O) groups excluding carboxylic acids is 1. The molecular weight excluding hydrogens is 276 g/mol. The summed E-state index contributed by atoms with van der Waals surface area (Å²) in [4.78, 5) is 14.3. The first-order valence-corrected chi connectivity index (χ1v) is 7.48. The van der Waals surface area contributed by atoms with Crippen molar-refractivity contribution in [3.63, 3.8) is 0 Å². The molecule has 1 aliphatic heterocycles. The predicted molar refractivity (Wildman–Crippen MR) is 87.4 cm³/mol. The van der Waals surface area contributed by atoms with Gasteiger partial charge in [-0.2, -0.15) is 0 Å². The van der Waals surface area contributed by atoms with Gasteiger partial charge in [0.2, 0.25) is 0 Å². The van der Waals surface area contributed by atoms with Crippen LogP contribution in [0.2, 0.25) is 0 Å². The molecule has 0 fully saturated rings. The van der Waals surface area contributed by atoms with Crippen molar-refractivity contribution >= 4 is 11.7 Å². The molecule has 0 bridgehead atoms. The predicted octanol–water partition coefficient (Wildman–Crippen LogP) is 3.41. The summed E-state index contributed by atoms with van der Waals surface area (Å²) in [5.74, 6) is 0.790. The fourth-order valence-corrected chi connectivity index (χ4v) is 2.81. The van der Waals surface area contributed by atoms with Crippen LogP contribution in [0.15, 0.2) is 42.5 Å². The van der Waals surface area contributed by atoms with E-state index in [4.69, 9.17) is 4.74 Å². The van der Waals surface area contributed by atoms with E-state index in [2.05, 4.69) is 11.4 Å². The van der Waals surface area contributed by atoms with Gasteiger partial charge in [0.15, 0.2) is 0 Å². The SMILES string of the molecule is Cc1cc(C)c2c(c1)OCCN2C(=O)NCc1ccccc1. The molecule has 4 nitrogen and oxygen atoms in total. The number of anilines is 1. The maximum Gasteiger partial charge on any atom is 0.322 e. The van der Waals surface area contributed by atoms with Crippen molar-refractivity contribution in [2.24, 2.45) is 0 Å². The van der Waals surface area contributed by atoms with Crippen LogP contribution >= 0.6 is 0 Å². The number of rotatable bonds is 2. The van der Waals surface area contributed by atoms with Gasteiger partial charge in [-0.25, -0.2) is 4.79 Å². The standard InChI is InChI=1S/C18H20N2O2/c1-13-10-14(2)17-16(11-13)22-9-8-20(17)18(21)19-12-15-6-4-3-5-7-15/h3-7,10-11H,8-9,12H2,1-2H3,(H,19,21). The molecule has 0 radical (unpaired) electrons. The molecule has 0 saturated carbocycles. The maximum atomic E-state index is 12.5.